The summed E-state index contributed by atoms with van der Waals surface area (Å²) in [5, 5.41) is 0.692. The lowest BCUT2D eigenvalue weighted by molar-refractivity contribution is 0.611. The van der Waals surface area contributed by atoms with E-state index in [1.807, 2.05) is 42.3 Å². The average Bonchev–Trinajstić information content (AvgIpc) is 2.27. The molecule has 0 spiro atoms. The van der Waals surface area contributed by atoms with Gasteiger partial charge in [-0.15, -0.1) is 0 Å². The molecule has 0 saturated carbocycles. The molecule has 2 heteroatoms. The lowest BCUT2D eigenvalue weighted by Gasteiger charge is -2.27. The zero-order chi connectivity index (χ0) is 10.8. The molecule has 2 rings (SSSR count). The van der Waals surface area contributed by atoms with E-state index in [1.54, 1.807) is 0 Å². The molecular weight excluding hydrogens is 206 g/mol. The van der Waals surface area contributed by atoms with Crippen molar-refractivity contribution in [2.24, 2.45) is 0 Å². The van der Waals surface area contributed by atoms with Crippen LogP contribution in [-0.2, 0) is 0 Å². The molecule has 0 bridgehead atoms. The summed E-state index contributed by atoms with van der Waals surface area (Å²) in [4.78, 5) is 2.00. The Hall–Kier alpha value is -1.47. The molecule has 0 N–H and O–H groups in total. The third-order valence-electron chi connectivity index (χ3n) is 2.50. The van der Waals surface area contributed by atoms with Crippen molar-refractivity contribution in [2.75, 3.05) is 7.05 Å². The van der Waals surface area contributed by atoms with Crippen LogP contribution in [0.15, 0.2) is 59.8 Å². The van der Waals surface area contributed by atoms with Crippen LogP contribution in [0.5, 0.6) is 0 Å². The maximum absolute atomic E-state index is 5.99. The van der Waals surface area contributed by atoms with Crippen molar-refractivity contribution in [2.45, 2.75) is 0 Å². The topological polar surface area (TPSA) is 3.24 Å². The van der Waals surface area contributed by atoms with E-state index in [4.69, 9.17) is 11.6 Å². The second kappa shape index (κ2) is 3.95. The number of halogens is 1. The van der Waals surface area contributed by atoms with Gasteiger partial charge >= 0.3 is 0 Å². The third-order valence-corrected chi connectivity index (χ3v) is 2.84. The number of benzene rings is 1. The van der Waals surface area contributed by atoms with Gasteiger partial charge in [0.2, 0.25) is 0 Å². The minimum Gasteiger partial charge on any atom is -0.343 e. The van der Waals surface area contributed by atoms with Crippen molar-refractivity contribution < 1.29 is 0 Å². The van der Waals surface area contributed by atoms with Gasteiger partial charge in [-0.25, -0.2) is 0 Å². The normalized spacial score (nSPS) is 16.1. The SMILES string of the molecule is C=C1C(Cl)=CC=C(c2ccccc2)N1C. The molecule has 0 atom stereocenters. The molecule has 15 heavy (non-hydrogen) atoms. The molecule has 0 fully saturated rings. The molecule has 0 amide bonds. The Balaban J connectivity index is 2.43. The number of nitrogens with zero attached hydrogens (tertiary/aromatic N) is 1. The van der Waals surface area contributed by atoms with Crippen LogP contribution in [0.1, 0.15) is 5.56 Å². The summed E-state index contributed by atoms with van der Waals surface area (Å²) in [6.07, 6.45) is 3.89. The maximum Gasteiger partial charge on any atom is 0.0637 e. The lowest BCUT2D eigenvalue weighted by atomic mass is 10.1. The van der Waals surface area contributed by atoms with Gasteiger partial charge in [0.25, 0.3) is 0 Å². The van der Waals surface area contributed by atoms with Crippen LogP contribution in [-0.4, -0.2) is 11.9 Å². The Kier molecular flexibility index (Phi) is 2.65. The summed E-state index contributed by atoms with van der Waals surface area (Å²) < 4.78 is 0. The zero-order valence-corrected chi connectivity index (χ0v) is 9.33. The first-order valence-electron chi connectivity index (χ1n) is 4.76. The summed E-state index contributed by atoms with van der Waals surface area (Å²) in [6.45, 7) is 3.94. The van der Waals surface area contributed by atoms with Crippen molar-refractivity contribution in [1.82, 2.24) is 4.90 Å². The summed E-state index contributed by atoms with van der Waals surface area (Å²) >= 11 is 5.99. The van der Waals surface area contributed by atoms with Gasteiger partial charge in [0.15, 0.2) is 0 Å². The average molecular weight is 218 g/mol. The van der Waals surface area contributed by atoms with E-state index in [0.717, 1.165) is 11.4 Å². The second-order valence-electron chi connectivity index (χ2n) is 3.44. The van der Waals surface area contributed by atoms with Gasteiger partial charge in [0.1, 0.15) is 0 Å². The van der Waals surface area contributed by atoms with Crippen LogP contribution in [0.2, 0.25) is 0 Å². The maximum atomic E-state index is 5.99. The van der Waals surface area contributed by atoms with Gasteiger partial charge in [0.05, 0.1) is 10.7 Å². The summed E-state index contributed by atoms with van der Waals surface area (Å²) in [5.74, 6) is 0. The molecule has 1 heterocycles. The molecular formula is C13H12ClN. The molecule has 1 aromatic rings. The first-order chi connectivity index (χ1) is 7.20. The van der Waals surface area contributed by atoms with Crippen molar-refractivity contribution in [3.05, 3.63) is 65.4 Å². The summed E-state index contributed by atoms with van der Waals surface area (Å²) in [6, 6.07) is 10.2. The van der Waals surface area contributed by atoms with Crippen LogP contribution >= 0.6 is 11.6 Å². The van der Waals surface area contributed by atoms with Crippen LogP contribution in [0, 0.1) is 0 Å². The number of rotatable bonds is 1. The molecule has 0 aromatic heterocycles. The number of hydrogen-bond donors (Lipinski definition) is 0. The van der Waals surface area contributed by atoms with E-state index in [0.29, 0.717) is 5.03 Å². The van der Waals surface area contributed by atoms with Crippen molar-refractivity contribution >= 4 is 17.3 Å². The highest BCUT2D eigenvalue weighted by Gasteiger charge is 2.15. The molecule has 1 nitrogen and oxygen atoms in total. The monoisotopic (exact) mass is 217 g/mol. The van der Waals surface area contributed by atoms with E-state index >= 15 is 0 Å². The van der Waals surface area contributed by atoms with E-state index in [9.17, 15) is 0 Å². The highest BCUT2D eigenvalue weighted by atomic mass is 35.5. The fourth-order valence-corrected chi connectivity index (χ4v) is 1.75. The Labute approximate surface area is 95.0 Å². The zero-order valence-electron chi connectivity index (χ0n) is 8.57. The standard InChI is InChI=1S/C13H12ClN/c1-10-12(14)8-9-13(15(10)2)11-6-4-3-5-7-11/h3-9H,1H2,2H3. The minimum atomic E-state index is 0.692. The second-order valence-corrected chi connectivity index (χ2v) is 3.85. The van der Waals surface area contributed by atoms with Crippen molar-refractivity contribution in [3.63, 3.8) is 0 Å². The Morgan fingerprint density at radius 2 is 1.80 bits per heavy atom. The predicted molar refractivity (Wildman–Crippen MR) is 65.3 cm³/mol. The van der Waals surface area contributed by atoms with Crippen LogP contribution < -0.4 is 0 Å². The van der Waals surface area contributed by atoms with Gasteiger partial charge in [-0.05, 0) is 17.7 Å². The number of allylic oxidation sites excluding steroid dienone is 3. The summed E-state index contributed by atoms with van der Waals surface area (Å²) in [7, 11) is 1.97. The Bertz CT molecular complexity index is 443. The minimum absolute atomic E-state index is 0.692. The van der Waals surface area contributed by atoms with Crippen LogP contribution in [0.25, 0.3) is 5.70 Å². The fraction of sp³-hybridized carbons (Fsp3) is 0.0769. The van der Waals surface area contributed by atoms with Gasteiger partial charge < -0.3 is 4.90 Å². The van der Waals surface area contributed by atoms with Crippen LogP contribution in [0.4, 0.5) is 0 Å². The summed E-state index contributed by atoms with van der Waals surface area (Å²) in [5.41, 5.74) is 3.12. The van der Waals surface area contributed by atoms with Crippen molar-refractivity contribution in [1.29, 1.82) is 0 Å². The van der Waals surface area contributed by atoms with E-state index < -0.39 is 0 Å². The molecule has 1 aromatic carbocycles. The number of likely N-dealkylation sites (N-methyl/N-ethyl adjacent to an activating group) is 1. The van der Waals surface area contributed by atoms with Crippen molar-refractivity contribution in [3.8, 4) is 0 Å². The van der Waals surface area contributed by atoms with Gasteiger partial charge in [-0.2, -0.15) is 0 Å². The van der Waals surface area contributed by atoms with Crippen LogP contribution in [0.3, 0.4) is 0 Å². The molecule has 0 unspecified atom stereocenters. The van der Waals surface area contributed by atoms with E-state index in [2.05, 4.69) is 18.7 Å². The third kappa shape index (κ3) is 1.83. The quantitative estimate of drug-likeness (QED) is 0.695. The molecule has 1 aliphatic heterocycles. The highest BCUT2D eigenvalue weighted by molar-refractivity contribution is 6.32. The molecule has 0 radical (unpaired) electrons. The molecule has 1 aliphatic rings. The molecule has 0 aliphatic carbocycles. The lowest BCUT2D eigenvalue weighted by Crippen LogP contribution is -2.18. The highest BCUT2D eigenvalue weighted by Crippen LogP contribution is 2.30. The van der Waals surface area contributed by atoms with Gasteiger partial charge in [-0.1, -0.05) is 48.5 Å². The van der Waals surface area contributed by atoms with Gasteiger partial charge in [0, 0.05) is 12.7 Å². The molecule has 76 valence electrons. The first-order valence-corrected chi connectivity index (χ1v) is 5.14. The van der Waals surface area contributed by atoms with Gasteiger partial charge in [-0.3, -0.25) is 0 Å². The fourth-order valence-electron chi connectivity index (χ4n) is 1.56. The first kappa shape index (κ1) is 10.1. The molecule has 0 saturated heterocycles. The number of hydrogen-bond acceptors (Lipinski definition) is 1. The van der Waals surface area contributed by atoms with E-state index in [-0.39, 0.29) is 0 Å². The van der Waals surface area contributed by atoms with E-state index in [1.165, 1.54) is 5.56 Å². The smallest absolute Gasteiger partial charge is 0.0637 e. The largest absolute Gasteiger partial charge is 0.343 e. The predicted octanol–water partition coefficient (Wildman–Crippen LogP) is 3.61. The Morgan fingerprint density at radius 3 is 2.47 bits per heavy atom. The Morgan fingerprint density at radius 1 is 1.13 bits per heavy atom.